The lowest BCUT2D eigenvalue weighted by atomic mass is 10.1. The average Bonchev–Trinajstić information content (AvgIpc) is 2.62. The summed E-state index contributed by atoms with van der Waals surface area (Å²) in [6.45, 7) is 2.91. The van der Waals surface area contributed by atoms with Crippen LogP contribution in [0.15, 0.2) is 42.5 Å². The molecular weight excluding hydrogens is 400 g/mol. The number of non-ortho nitro benzene ring substituents is 1. The zero-order valence-corrected chi connectivity index (χ0v) is 16.8. The predicted molar refractivity (Wildman–Crippen MR) is 108 cm³/mol. The summed E-state index contributed by atoms with van der Waals surface area (Å²) in [7, 11) is -3.99. The van der Waals surface area contributed by atoms with E-state index in [1.54, 1.807) is 19.1 Å². The number of nitrogens with zero attached hydrogens (tertiary/aromatic N) is 2. The van der Waals surface area contributed by atoms with Crippen LogP contribution in [0.1, 0.15) is 22.8 Å². The van der Waals surface area contributed by atoms with Crippen molar-refractivity contribution in [2.75, 3.05) is 15.9 Å². The number of primary amides is 1. The number of anilines is 2. The first kappa shape index (κ1) is 21.8. The number of carbonyl (C=O) groups excluding carboxylic acids is 2. The largest absolute Gasteiger partial charge is 0.366 e. The van der Waals surface area contributed by atoms with Gasteiger partial charge in [0.25, 0.3) is 11.6 Å². The molecule has 0 aliphatic carbocycles. The first-order chi connectivity index (χ1) is 13.4. The lowest BCUT2D eigenvalue weighted by Gasteiger charge is -2.29. The van der Waals surface area contributed by atoms with Gasteiger partial charge in [-0.25, -0.2) is 8.42 Å². The van der Waals surface area contributed by atoms with Crippen molar-refractivity contribution in [1.29, 1.82) is 0 Å². The van der Waals surface area contributed by atoms with Crippen molar-refractivity contribution in [2.45, 2.75) is 19.9 Å². The average molecular weight is 420 g/mol. The molecule has 11 heteroatoms. The number of nitrogens with two attached hydrogens (primary N) is 1. The predicted octanol–water partition coefficient (Wildman–Crippen LogP) is 1.80. The molecule has 0 aromatic heterocycles. The van der Waals surface area contributed by atoms with Gasteiger partial charge in [-0.2, -0.15) is 0 Å². The van der Waals surface area contributed by atoms with E-state index in [2.05, 4.69) is 5.32 Å². The summed E-state index contributed by atoms with van der Waals surface area (Å²) in [4.78, 5) is 34.8. The zero-order valence-electron chi connectivity index (χ0n) is 15.9. The van der Waals surface area contributed by atoms with Crippen molar-refractivity contribution < 1.29 is 22.9 Å². The van der Waals surface area contributed by atoms with Gasteiger partial charge in [-0.05, 0) is 31.5 Å². The molecule has 0 saturated heterocycles. The normalized spacial score (nSPS) is 12.1. The van der Waals surface area contributed by atoms with Crippen LogP contribution in [0.3, 0.4) is 0 Å². The minimum atomic E-state index is -3.99. The fraction of sp³-hybridized carbons (Fsp3) is 0.222. The van der Waals surface area contributed by atoms with Gasteiger partial charge in [0.05, 0.1) is 28.1 Å². The minimum Gasteiger partial charge on any atom is -0.366 e. The summed E-state index contributed by atoms with van der Waals surface area (Å²) in [5, 5.41) is 13.6. The molecule has 0 aliphatic rings. The van der Waals surface area contributed by atoms with Crippen LogP contribution in [0.25, 0.3) is 0 Å². The van der Waals surface area contributed by atoms with Crippen LogP contribution >= 0.6 is 0 Å². The van der Waals surface area contributed by atoms with E-state index in [9.17, 15) is 28.1 Å². The van der Waals surface area contributed by atoms with E-state index in [1.165, 1.54) is 31.2 Å². The van der Waals surface area contributed by atoms with Gasteiger partial charge in [0.1, 0.15) is 6.04 Å². The molecule has 10 nitrogen and oxygen atoms in total. The van der Waals surface area contributed by atoms with Crippen LogP contribution in [-0.4, -0.2) is 37.5 Å². The Balaban J connectivity index is 2.47. The number of hydrogen-bond donors (Lipinski definition) is 2. The van der Waals surface area contributed by atoms with Crippen molar-refractivity contribution in [3.63, 3.8) is 0 Å². The van der Waals surface area contributed by atoms with Gasteiger partial charge in [0.15, 0.2) is 0 Å². The van der Waals surface area contributed by atoms with Crippen LogP contribution in [0, 0.1) is 17.0 Å². The maximum Gasteiger partial charge on any atom is 0.271 e. The molecule has 2 rings (SSSR count). The van der Waals surface area contributed by atoms with Gasteiger partial charge in [-0.1, -0.05) is 18.2 Å². The Labute approximate surface area is 167 Å². The number of hydrogen-bond acceptors (Lipinski definition) is 6. The van der Waals surface area contributed by atoms with Crippen molar-refractivity contribution in [2.24, 2.45) is 5.73 Å². The molecule has 154 valence electrons. The lowest BCUT2D eigenvalue weighted by Crippen LogP contribution is -2.45. The number of aryl methyl sites for hydroxylation is 1. The number of sulfonamides is 1. The molecule has 1 atom stereocenters. The number of nitro benzene ring substituents is 1. The van der Waals surface area contributed by atoms with Gasteiger partial charge in [-0.3, -0.25) is 24.0 Å². The molecule has 0 fully saturated rings. The van der Waals surface area contributed by atoms with Gasteiger partial charge < -0.3 is 11.1 Å². The molecule has 0 bridgehead atoms. The smallest absolute Gasteiger partial charge is 0.271 e. The second kappa shape index (κ2) is 8.27. The van der Waals surface area contributed by atoms with E-state index < -0.39 is 32.8 Å². The summed E-state index contributed by atoms with van der Waals surface area (Å²) in [6.07, 6.45) is 0.895. The summed E-state index contributed by atoms with van der Waals surface area (Å²) >= 11 is 0. The standard InChI is InChI=1S/C18H20N4O6S/c1-11-8-9-13(22(25)26)10-16(11)21(29(3,27)28)12(2)18(24)20-15-7-5-4-6-14(15)17(19)23/h4-10,12H,1-3H3,(H2,19,23)(H,20,24)/t12-/m1/s1. The van der Waals surface area contributed by atoms with E-state index >= 15 is 0 Å². The van der Waals surface area contributed by atoms with Crippen molar-refractivity contribution in [3.8, 4) is 0 Å². The van der Waals surface area contributed by atoms with Gasteiger partial charge in [-0.15, -0.1) is 0 Å². The monoisotopic (exact) mass is 420 g/mol. The van der Waals surface area contributed by atoms with Crippen LogP contribution in [-0.2, 0) is 14.8 Å². The maximum absolute atomic E-state index is 12.8. The van der Waals surface area contributed by atoms with E-state index in [1.807, 2.05) is 0 Å². The number of nitro groups is 1. The van der Waals surface area contributed by atoms with E-state index in [0.29, 0.717) is 5.56 Å². The highest BCUT2D eigenvalue weighted by atomic mass is 32.2. The molecule has 0 unspecified atom stereocenters. The summed E-state index contributed by atoms with van der Waals surface area (Å²) in [5.41, 5.74) is 5.60. The third kappa shape index (κ3) is 4.88. The Morgan fingerprint density at radius 2 is 1.83 bits per heavy atom. The van der Waals surface area contributed by atoms with Crippen LogP contribution in [0.2, 0.25) is 0 Å². The first-order valence-corrected chi connectivity index (χ1v) is 10.2. The molecule has 0 saturated carbocycles. The summed E-state index contributed by atoms with van der Waals surface area (Å²) in [5.74, 6) is -1.50. The molecule has 0 aliphatic heterocycles. The Kier molecular flexibility index (Phi) is 6.22. The highest BCUT2D eigenvalue weighted by Crippen LogP contribution is 2.29. The Morgan fingerprint density at radius 1 is 1.21 bits per heavy atom. The first-order valence-electron chi connectivity index (χ1n) is 8.37. The quantitative estimate of drug-likeness (QED) is 0.514. The van der Waals surface area contributed by atoms with Crippen molar-refractivity contribution in [1.82, 2.24) is 0 Å². The minimum absolute atomic E-state index is 0.00698. The molecule has 0 radical (unpaired) electrons. The number of rotatable bonds is 7. The fourth-order valence-corrected chi connectivity index (χ4v) is 4.00. The second-order valence-electron chi connectivity index (χ2n) is 6.36. The number of amides is 2. The lowest BCUT2D eigenvalue weighted by molar-refractivity contribution is -0.384. The van der Waals surface area contributed by atoms with Crippen LogP contribution < -0.4 is 15.4 Å². The highest BCUT2D eigenvalue weighted by Gasteiger charge is 2.31. The third-order valence-electron chi connectivity index (χ3n) is 4.18. The van der Waals surface area contributed by atoms with E-state index in [0.717, 1.165) is 16.6 Å². The fourth-order valence-electron chi connectivity index (χ4n) is 2.77. The summed E-state index contributed by atoms with van der Waals surface area (Å²) in [6, 6.07) is 8.48. The molecular formula is C18H20N4O6S. The van der Waals surface area contributed by atoms with Crippen LogP contribution in [0.4, 0.5) is 17.1 Å². The molecule has 2 aromatic rings. The zero-order chi connectivity index (χ0) is 21.9. The van der Waals surface area contributed by atoms with E-state index in [4.69, 9.17) is 5.73 Å². The molecule has 29 heavy (non-hydrogen) atoms. The number of para-hydroxylation sites is 1. The molecule has 2 amide bonds. The Bertz CT molecular complexity index is 1080. The van der Waals surface area contributed by atoms with Crippen molar-refractivity contribution >= 4 is 38.9 Å². The van der Waals surface area contributed by atoms with Gasteiger partial charge >= 0.3 is 0 Å². The van der Waals surface area contributed by atoms with Crippen molar-refractivity contribution in [3.05, 3.63) is 63.7 Å². The van der Waals surface area contributed by atoms with Crippen LogP contribution in [0.5, 0.6) is 0 Å². The third-order valence-corrected chi connectivity index (χ3v) is 5.41. The molecule has 3 N–H and O–H groups in total. The molecule has 2 aromatic carbocycles. The molecule has 0 spiro atoms. The van der Waals surface area contributed by atoms with Gasteiger partial charge in [0, 0.05) is 12.1 Å². The Morgan fingerprint density at radius 3 is 2.38 bits per heavy atom. The Hall–Kier alpha value is -3.47. The number of carbonyl (C=O) groups is 2. The second-order valence-corrected chi connectivity index (χ2v) is 8.22. The SMILES string of the molecule is Cc1ccc([N+](=O)[O-])cc1N([C@H](C)C(=O)Nc1ccccc1C(N)=O)S(C)(=O)=O. The summed E-state index contributed by atoms with van der Waals surface area (Å²) < 4.78 is 25.7. The number of benzene rings is 2. The maximum atomic E-state index is 12.8. The highest BCUT2D eigenvalue weighted by molar-refractivity contribution is 7.92. The molecule has 0 heterocycles. The number of nitrogens with one attached hydrogen (secondary N) is 1. The topological polar surface area (TPSA) is 153 Å². The van der Waals surface area contributed by atoms with E-state index in [-0.39, 0.29) is 22.6 Å². The van der Waals surface area contributed by atoms with Gasteiger partial charge in [0.2, 0.25) is 15.9 Å².